The Morgan fingerprint density at radius 2 is 2.00 bits per heavy atom. The zero-order valence-electron chi connectivity index (χ0n) is 13.1. The SMILES string of the molecule is COCCCOc1cc(CC(N)C2CCC2)ccc1OC. The third kappa shape index (κ3) is 4.61. The lowest BCUT2D eigenvalue weighted by atomic mass is 9.78. The summed E-state index contributed by atoms with van der Waals surface area (Å²) < 4.78 is 16.2. The predicted molar refractivity (Wildman–Crippen MR) is 84.0 cm³/mol. The van der Waals surface area contributed by atoms with Gasteiger partial charge in [0.05, 0.1) is 13.7 Å². The Morgan fingerprint density at radius 1 is 1.19 bits per heavy atom. The Bertz CT molecular complexity index is 432. The molecular formula is C17H27NO3. The van der Waals surface area contributed by atoms with Crippen LogP contribution in [0.15, 0.2) is 18.2 Å². The van der Waals surface area contributed by atoms with Gasteiger partial charge in [-0.05, 0) is 42.9 Å². The van der Waals surface area contributed by atoms with Gasteiger partial charge in [-0.2, -0.15) is 0 Å². The van der Waals surface area contributed by atoms with E-state index in [2.05, 4.69) is 12.1 Å². The van der Waals surface area contributed by atoms with Gasteiger partial charge in [0.25, 0.3) is 0 Å². The number of rotatable bonds is 9. The van der Waals surface area contributed by atoms with Crippen LogP contribution in [0.4, 0.5) is 0 Å². The van der Waals surface area contributed by atoms with Crippen molar-refractivity contribution in [3.63, 3.8) is 0 Å². The zero-order chi connectivity index (χ0) is 15.1. The molecule has 0 aromatic heterocycles. The molecule has 0 heterocycles. The molecule has 1 aromatic carbocycles. The Kier molecular flexibility index (Phi) is 6.33. The van der Waals surface area contributed by atoms with Crippen LogP contribution in [0.1, 0.15) is 31.2 Å². The van der Waals surface area contributed by atoms with Crippen molar-refractivity contribution in [2.45, 2.75) is 38.1 Å². The molecular weight excluding hydrogens is 266 g/mol. The molecule has 1 saturated carbocycles. The fraction of sp³-hybridized carbons (Fsp3) is 0.647. The highest BCUT2D eigenvalue weighted by molar-refractivity contribution is 5.43. The molecule has 1 atom stereocenters. The van der Waals surface area contributed by atoms with Crippen LogP contribution in [0.25, 0.3) is 0 Å². The average Bonchev–Trinajstić information content (AvgIpc) is 2.42. The van der Waals surface area contributed by atoms with E-state index in [1.165, 1.54) is 24.8 Å². The van der Waals surface area contributed by atoms with Crippen LogP contribution in [0.3, 0.4) is 0 Å². The molecule has 1 aliphatic carbocycles. The Morgan fingerprint density at radius 3 is 2.62 bits per heavy atom. The van der Waals surface area contributed by atoms with Crippen molar-refractivity contribution < 1.29 is 14.2 Å². The average molecular weight is 293 g/mol. The van der Waals surface area contributed by atoms with Gasteiger partial charge in [0.2, 0.25) is 0 Å². The number of benzene rings is 1. The summed E-state index contributed by atoms with van der Waals surface area (Å²) in [5.41, 5.74) is 7.50. The maximum absolute atomic E-state index is 6.28. The lowest BCUT2D eigenvalue weighted by Crippen LogP contribution is -2.36. The molecule has 0 saturated heterocycles. The van der Waals surface area contributed by atoms with Gasteiger partial charge >= 0.3 is 0 Å². The number of nitrogens with two attached hydrogens (primary N) is 1. The normalized spacial score (nSPS) is 16.3. The van der Waals surface area contributed by atoms with Crippen LogP contribution in [0.5, 0.6) is 11.5 Å². The molecule has 0 spiro atoms. The van der Waals surface area contributed by atoms with E-state index in [1.807, 2.05) is 6.07 Å². The van der Waals surface area contributed by atoms with E-state index in [0.717, 1.165) is 24.3 Å². The van der Waals surface area contributed by atoms with Crippen LogP contribution >= 0.6 is 0 Å². The van der Waals surface area contributed by atoms with Crippen LogP contribution in [-0.4, -0.2) is 33.5 Å². The standard InChI is InChI=1S/C17H27NO3/c1-19-9-4-10-21-17-12-13(7-8-16(17)20-2)11-15(18)14-5-3-6-14/h7-8,12,14-15H,3-6,9-11,18H2,1-2H3. The number of methoxy groups -OCH3 is 2. The van der Waals surface area contributed by atoms with Gasteiger partial charge in [0.1, 0.15) is 0 Å². The number of hydrogen-bond donors (Lipinski definition) is 1. The first kappa shape index (κ1) is 16.1. The van der Waals surface area contributed by atoms with E-state index in [4.69, 9.17) is 19.9 Å². The molecule has 4 heteroatoms. The second kappa shape index (κ2) is 8.25. The van der Waals surface area contributed by atoms with E-state index >= 15 is 0 Å². The molecule has 118 valence electrons. The van der Waals surface area contributed by atoms with Crippen molar-refractivity contribution in [2.24, 2.45) is 11.7 Å². The van der Waals surface area contributed by atoms with Crippen LogP contribution in [0.2, 0.25) is 0 Å². The highest BCUT2D eigenvalue weighted by Gasteiger charge is 2.24. The molecule has 21 heavy (non-hydrogen) atoms. The van der Waals surface area contributed by atoms with E-state index in [9.17, 15) is 0 Å². The van der Waals surface area contributed by atoms with E-state index in [1.54, 1.807) is 14.2 Å². The van der Waals surface area contributed by atoms with Crippen molar-refractivity contribution >= 4 is 0 Å². The summed E-state index contributed by atoms with van der Waals surface area (Å²) in [4.78, 5) is 0. The summed E-state index contributed by atoms with van der Waals surface area (Å²) in [5.74, 6) is 2.26. The van der Waals surface area contributed by atoms with E-state index in [-0.39, 0.29) is 6.04 Å². The van der Waals surface area contributed by atoms with Crippen molar-refractivity contribution in [1.82, 2.24) is 0 Å². The summed E-state index contributed by atoms with van der Waals surface area (Å²) in [6, 6.07) is 6.37. The largest absolute Gasteiger partial charge is 0.493 e. The Balaban J connectivity index is 1.95. The lowest BCUT2D eigenvalue weighted by molar-refractivity contribution is 0.170. The van der Waals surface area contributed by atoms with Gasteiger partial charge in [0.15, 0.2) is 11.5 Å². The van der Waals surface area contributed by atoms with Gasteiger partial charge in [-0.1, -0.05) is 12.5 Å². The molecule has 0 bridgehead atoms. The van der Waals surface area contributed by atoms with Crippen molar-refractivity contribution in [3.05, 3.63) is 23.8 Å². The Hall–Kier alpha value is -1.26. The smallest absolute Gasteiger partial charge is 0.161 e. The fourth-order valence-electron chi connectivity index (χ4n) is 2.65. The second-order valence-corrected chi connectivity index (χ2v) is 5.74. The minimum atomic E-state index is 0.258. The summed E-state index contributed by atoms with van der Waals surface area (Å²) >= 11 is 0. The molecule has 0 amide bonds. The quantitative estimate of drug-likeness (QED) is 0.711. The van der Waals surface area contributed by atoms with Gasteiger partial charge in [0, 0.05) is 26.2 Å². The van der Waals surface area contributed by atoms with Crippen molar-refractivity contribution in [3.8, 4) is 11.5 Å². The number of hydrogen-bond acceptors (Lipinski definition) is 4. The molecule has 1 aliphatic rings. The van der Waals surface area contributed by atoms with Crippen molar-refractivity contribution in [2.75, 3.05) is 27.4 Å². The lowest BCUT2D eigenvalue weighted by Gasteiger charge is -2.31. The topological polar surface area (TPSA) is 53.7 Å². The molecule has 1 unspecified atom stereocenters. The van der Waals surface area contributed by atoms with Gasteiger partial charge < -0.3 is 19.9 Å². The minimum absolute atomic E-state index is 0.258. The first-order valence-electron chi connectivity index (χ1n) is 7.79. The third-order valence-corrected chi connectivity index (χ3v) is 4.21. The molecule has 2 rings (SSSR count). The van der Waals surface area contributed by atoms with Gasteiger partial charge in [-0.15, -0.1) is 0 Å². The van der Waals surface area contributed by atoms with Crippen molar-refractivity contribution in [1.29, 1.82) is 0 Å². The van der Waals surface area contributed by atoms with Crippen LogP contribution < -0.4 is 15.2 Å². The molecule has 4 nitrogen and oxygen atoms in total. The van der Waals surface area contributed by atoms with Crippen LogP contribution in [0, 0.1) is 5.92 Å². The van der Waals surface area contributed by atoms with Gasteiger partial charge in [-0.25, -0.2) is 0 Å². The van der Waals surface area contributed by atoms with E-state index in [0.29, 0.717) is 19.1 Å². The Labute approximate surface area is 127 Å². The third-order valence-electron chi connectivity index (χ3n) is 4.21. The monoisotopic (exact) mass is 293 g/mol. The summed E-state index contributed by atoms with van der Waals surface area (Å²) in [5, 5.41) is 0. The maximum Gasteiger partial charge on any atom is 0.161 e. The summed E-state index contributed by atoms with van der Waals surface area (Å²) in [6.07, 6.45) is 5.65. The molecule has 2 N–H and O–H groups in total. The fourth-order valence-corrected chi connectivity index (χ4v) is 2.65. The molecule has 1 aromatic rings. The summed E-state index contributed by atoms with van der Waals surface area (Å²) in [6.45, 7) is 1.33. The predicted octanol–water partition coefficient (Wildman–Crippen LogP) is 2.78. The molecule has 1 fully saturated rings. The first-order chi connectivity index (χ1) is 10.2. The van der Waals surface area contributed by atoms with Gasteiger partial charge in [-0.3, -0.25) is 0 Å². The highest BCUT2D eigenvalue weighted by Crippen LogP contribution is 2.32. The van der Waals surface area contributed by atoms with E-state index < -0.39 is 0 Å². The second-order valence-electron chi connectivity index (χ2n) is 5.74. The highest BCUT2D eigenvalue weighted by atomic mass is 16.5. The minimum Gasteiger partial charge on any atom is -0.493 e. The summed E-state index contributed by atoms with van der Waals surface area (Å²) in [7, 11) is 3.36. The number of ether oxygens (including phenoxy) is 3. The van der Waals surface area contributed by atoms with Crippen LogP contribution in [-0.2, 0) is 11.2 Å². The first-order valence-corrected chi connectivity index (χ1v) is 7.79. The molecule has 0 radical (unpaired) electrons. The maximum atomic E-state index is 6.28. The molecule has 0 aliphatic heterocycles. The zero-order valence-corrected chi connectivity index (χ0v) is 13.1.